The van der Waals surface area contributed by atoms with Crippen molar-refractivity contribution in [3.05, 3.63) is 23.3 Å². The molecular formula is C26H42N2O8. The molecule has 1 amide bonds. The molecule has 204 valence electrons. The molecule has 0 spiro atoms. The van der Waals surface area contributed by atoms with E-state index in [1.54, 1.807) is 0 Å². The molecule has 0 aromatic heterocycles. The molecular weight excluding hydrogens is 468 g/mol. The number of nitrogens with one attached hydrogen (secondary N) is 1. The average Bonchev–Trinajstić information content (AvgIpc) is 2.84. The van der Waals surface area contributed by atoms with Crippen LogP contribution in [0, 0.1) is 5.92 Å². The van der Waals surface area contributed by atoms with Crippen LogP contribution < -0.4 is 5.43 Å². The van der Waals surface area contributed by atoms with Crippen molar-refractivity contribution in [3.8, 4) is 0 Å². The lowest BCUT2D eigenvalue weighted by Crippen LogP contribution is -2.25. The molecule has 1 atom stereocenters. The van der Waals surface area contributed by atoms with E-state index < -0.39 is 5.97 Å². The van der Waals surface area contributed by atoms with Crippen molar-refractivity contribution in [2.45, 2.75) is 58.5 Å². The second-order valence-electron chi connectivity index (χ2n) is 9.13. The van der Waals surface area contributed by atoms with E-state index in [0.29, 0.717) is 65.2 Å². The minimum absolute atomic E-state index is 0.00142. The molecule has 0 radical (unpaired) electrons. The van der Waals surface area contributed by atoms with Crippen LogP contribution in [-0.4, -0.2) is 88.3 Å². The third-order valence-corrected chi connectivity index (χ3v) is 5.55. The topological polar surface area (TPSA) is 125 Å². The van der Waals surface area contributed by atoms with Gasteiger partial charge in [-0.3, -0.25) is 9.59 Å². The Morgan fingerprint density at radius 1 is 0.972 bits per heavy atom. The van der Waals surface area contributed by atoms with Gasteiger partial charge in [-0.1, -0.05) is 31.6 Å². The predicted molar refractivity (Wildman–Crippen MR) is 135 cm³/mol. The van der Waals surface area contributed by atoms with Gasteiger partial charge in [0, 0.05) is 6.42 Å². The summed E-state index contributed by atoms with van der Waals surface area (Å²) in [6.45, 7) is 7.90. The summed E-state index contributed by atoms with van der Waals surface area (Å²) in [6, 6.07) is 0. The zero-order valence-corrected chi connectivity index (χ0v) is 21.7. The lowest BCUT2D eigenvalue weighted by Gasteiger charge is -2.27. The zero-order chi connectivity index (χ0) is 26.0. The molecule has 2 aliphatic rings. The van der Waals surface area contributed by atoms with Crippen molar-refractivity contribution in [2.75, 3.05) is 59.5 Å². The van der Waals surface area contributed by atoms with E-state index >= 15 is 0 Å². The Morgan fingerprint density at radius 3 is 2.19 bits per heavy atom. The van der Waals surface area contributed by atoms with E-state index in [2.05, 4.69) is 22.7 Å². The SMILES string of the molecule is CC(C)CC(=O)NN=C1CCCC2=C1C=CC(OCCOCCOCCOCCOCCC(=O)O)C2. The Labute approximate surface area is 214 Å². The van der Waals surface area contributed by atoms with Gasteiger partial charge in [0.2, 0.25) is 5.91 Å². The Kier molecular flexibility index (Phi) is 15.2. The van der Waals surface area contributed by atoms with Gasteiger partial charge in [0.15, 0.2) is 0 Å². The van der Waals surface area contributed by atoms with Crippen LogP contribution >= 0.6 is 0 Å². The summed E-state index contributed by atoms with van der Waals surface area (Å²) in [5.41, 5.74) is 6.16. The van der Waals surface area contributed by atoms with Crippen LogP contribution in [0.2, 0.25) is 0 Å². The summed E-state index contributed by atoms with van der Waals surface area (Å²) in [5, 5.41) is 12.9. The van der Waals surface area contributed by atoms with Gasteiger partial charge >= 0.3 is 5.97 Å². The first kappa shape index (κ1) is 30.1. The number of ether oxygens (including phenoxy) is 5. The maximum absolute atomic E-state index is 11.9. The van der Waals surface area contributed by atoms with Crippen LogP contribution in [-0.2, 0) is 33.3 Å². The highest BCUT2D eigenvalue weighted by atomic mass is 16.6. The minimum atomic E-state index is -0.870. The first-order valence-corrected chi connectivity index (χ1v) is 12.9. The number of carbonyl (C=O) groups excluding carboxylic acids is 1. The Hall–Kier alpha value is -2.11. The Bertz CT molecular complexity index is 763. The monoisotopic (exact) mass is 510 g/mol. The van der Waals surface area contributed by atoms with Crippen LogP contribution in [0.15, 0.2) is 28.4 Å². The first-order chi connectivity index (χ1) is 17.5. The second-order valence-corrected chi connectivity index (χ2v) is 9.13. The molecule has 0 saturated carbocycles. The van der Waals surface area contributed by atoms with Crippen LogP contribution in [0.25, 0.3) is 0 Å². The Balaban J connectivity index is 1.48. The number of amides is 1. The summed E-state index contributed by atoms with van der Waals surface area (Å²) in [5.74, 6) is -0.599. The summed E-state index contributed by atoms with van der Waals surface area (Å²) in [4.78, 5) is 22.3. The molecule has 0 aromatic carbocycles. The number of carbonyl (C=O) groups is 2. The number of hydrazone groups is 1. The van der Waals surface area contributed by atoms with Crippen LogP contribution in [0.4, 0.5) is 0 Å². The molecule has 0 saturated heterocycles. The van der Waals surface area contributed by atoms with E-state index in [1.165, 1.54) is 5.57 Å². The average molecular weight is 511 g/mol. The van der Waals surface area contributed by atoms with Crippen LogP contribution in [0.1, 0.15) is 52.4 Å². The van der Waals surface area contributed by atoms with Gasteiger partial charge in [-0.2, -0.15) is 5.10 Å². The van der Waals surface area contributed by atoms with Gasteiger partial charge in [0.1, 0.15) is 0 Å². The largest absolute Gasteiger partial charge is 0.481 e. The fraction of sp³-hybridized carbons (Fsp3) is 0.731. The predicted octanol–water partition coefficient (Wildman–Crippen LogP) is 2.87. The highest BCUT2D eigenvalue weighted by Crippen LogP contribution is 2.31. The van der Waals surface area contributed by atoms with Crippen molar-refractivity contribution < 1.29 is 38.4 Å². The molecule has 0 heterocycles. The number of rotatable bonds is 19. The molecule has 0 fully saturated rings. The number of allylic oxidation sites excluding steroid dienone is 2. The number of hydrogen-bond acceptors (Lipinski definition) is 8. The summed E-state index contributed by atoms with van der Waals surface area (Å²) < 4.78 is 27.4. The van der Waals surface area contributed by atoms with E-state index in [-0.39, 0.29) is 25.0 Å². The fourth-order valence-corrected chi connectivity index (χ4v) is 3.84. The van der Waals surface area contributed by atoms with Gasteiger partial charge < -0.3 is 28.8 Å². The third kappa shape index (κ3) is 13.3. The quantitative estimate of drug-likeness (QED) is 0.201. The summed E-state index contributed by atoms with van der Waals surface area (Å²) in [7, 11) is 0. The molecule has 0 aliphatic heterocycles. The molecule has 2 N–H and O–H groups in total. The smallest absolute Gasteiger partial charge is 0.305 e. The van der Waals surface area contributed by atoms with Crippen molar-refractivity contribution in [1.29, 1.82) is 0 Å². The van der Waals surface area contributed by atoms with E-state index in [4.69, 9.17) is 28.8 Å². The fourth-order valence-electron chi connectivity index (χ4n) is 3.84. The maximum atomic E-state index is 11.9. The summed E-state index contributed by atoms with van der Waals surface area (Å²) in [6.07, 6.45) is 8.45. The number of aliphatic carboxylic acids is 1. The van der Waals surface area contributed by atoms with E-state index in [1.807, 2.05) is 13.8 Å². The van der Waals surface area contributed by atoms with Crippen molar-refractivity contribution in [1.82, 2.24) is 5.43 Å². The second kappa shape index (κ2) is 18.2. The Morgan fingerprint density at radius 2 is 1.58 bits per heavy atom. The van der Waals surface area contributed by atoms with Gasteiger partial charge in [-0.25, -0.2) is 5.43 Å². The molecule has 1 unspecified atom stereocenters. The number of carboxylic acids is 1. The van der Waals surface area contributed by atoms with Crippen molar-refractivity contribution in [3.63, 3.8) is 0 Å². The van der Waals surface area contributed by atoms with Gasteiger partial charge in [-0.15, -0.1) is 0 Å². The normalized spacial score (nSPS) is 18.6. The molecule has 10 heteroatoms. The lowest BCUT2D eigenvalue weighted by atomic mass is 9.83. The van der Waals surface area contributed by atoms with Crippen LogP contribution in [0.3, 0.4) is 0 Å². The molecule has 0 aromatic rings. The summed E-state index contributed by atoms with van der Waals surface area (Å²) >= 11 is 0. The molecule has 10 nitrogen and oxygen atoms in total. The van der Waals surface area contributed by atoms with Crippen molar-refractivity contribution >= 4 is 17.6 Å². The zero-order valence-electron chi connectivity index (χ0n) is 21.7. The number of hydrogen-bond donors (Lipinski definition) is 2. The highest BCUT2D eigenvalue weighted by molar-refractivity contribution is 6.04. The van der Waals surface area contributed by atoms with Gasteiger partial charge in [0.25, 0.3) is 0 Å². The number of carboxylic acid groups (broad SMARTS) is 1. The molecule has 2 aliphatic carbocycles. The molecule has 36 heavy (non-hydrogen) atoms. The lowest BCUT2D eigenvalue weighted by molar-refractivity contribution is -0.138. The maximum Gasteiger partial charge on any atom is 0.305 e. The highest BCUT2D eigenvalue weighted by Gasteiger charge is 2.23. The van der Waals surface area contributed by atoms with E-state index in [9.17, 15) is 9.59 Å². The van der Waals surface area contributed by atoms with Gasteiger partial charge in [0.05, 0.1) is 77.7 Å². The number of nitrogens with zero attached hydrogens (tertiary/aromatic N) is 1. The van der Waals surface area contributed by atoms with E-state index in [0.717, 1.165) is 37.0 Å². The molecule has 2 rings (SSSR count). The van der Waals surface area contributed by atoms with Crippen LogP contribution in [0.5, 0.6) is 0 Å². The molecule has 0 bridgehead atoms. The first-order valence-electron chi connectivity index (χ1n) is 12.9. The minimum Gasteiger partial charge on any atom is -0.481 e. The standard InChI is InChI=1S/C26H42N2O8/c1-20(2)18-25(29)28-27-24-5-3-4-21-19-22(6-7-23(21)24)36-17-16-35-15-14-34-13-12-33-11-10-32-9-8-26(30)31/h6-7,20,22H,3-5,8-19H2,1-2H3,(H,28,29)(H,30,31). The third-order valence-electron chi connectivity index (χ3n) is 5.55. The van der Waals surface area contributed by atoms with Crippen molar-refractivity contribution in [2.24, 2.45) is 11.0 Å². The van der Waals surface area contributed by atoms with Gasteiger partial charge in [-0.05, 0) is 37.2 Å².